The van der Waals surface area contributed by atoms with Gasteiger partial charge in [0.1, 0.15) is 6.10 Å². The summed E-state index contributed by atoms with van der Waals surface area (Å²) in [6.45, 7) is 16.3. The Labute approximate surface area is 188 Å². The first kappa shape index (κ1) is 25.4. The van der Waals surface area contributed by atoms with E-state index in [0.717, 1.165) is 36.0 Å². The second kappa shape index (κ2) is 12.2. The summed E-state index contributed by atoms with van der Waals surface area (Å²) in [6, 6.07) is 0. The largest absolute Gasteiger partial charge is 0.462 e. The van der Waals surface area contributed by atoms with E-state index < -0.39 is 6.10 Å². The molecule has 6 atom stereocenters. The Morgan fingerprint density at radius 2 is 1.94 bits per heavy atom. The minimum atomic E-state index is -0.597. The molecule has 0 radical (unpaired) electrons. The van der Waals surface area contributed by atoms with E-state index >= 15 is 0 Å². The van der Waals surface area contributed by atoms with E-state index in [9.17, 15) is 9.90 Å². The molecule has 2 bridgehead atoms. The monoisotopic (exact) mass is 428 g/mol. The van der Waals surface area contributed by atoms with Crippen molar-refractivity contribution in [3.8, 4) is 0 Å². The lowest BCUT2D eigenvalue weighted by molar-refractivity contribution is -0.154. The zero-order valence-electron chi connectivity index (χ0n) is 19.7. The van der Waals surface area contributed by atoms with Crippen LogP contribution in [0.15, 0.2) is 60.3 Å². The number of ether oxygens (including phenoxy) is 2. The van der Waals surface area contributed by atoms with Gasteiger partial charge in [0.05, 0.1) is 24.2 Å². The van der Waals surface area contributed by atoms with Crippen LogP contribution >= 0.6 is 0 Å². The Morgan fingerprint density at radius 1 is 1.19 bits per heavy atom. The van der Waals surface area contributed by atoms with Crippen molar-refractivity contribution >= 4 is 5.97 Å². The number of hydrogen-bond acceptors (Lipinski definition) is 4. The highest BCUT2D eigenvalue weighted by atomic mass is 16.5. The third-order valence-electron chi connectivity index (χ3n) is 6.15. The minimum absolute atomic E-state index is 0.0462. The number of aliphatic hydroxyl groups is 1. The second-order valence-corrected chi connectivity index (χ2v) is 9.19. The Balaban J connectivity index is 2.21. The van der Waals surface area contributed by atoms with Gasteiger partial charge >= 0.3 is 5.97 Å². The smallest absolute Gasteiger partial charge is 0.308 e. The Bertz CT molecular complexity index is 730. The number of fused-ring (bicyclic) bond motifs is 2. The van der Waals surface area contributed by atoms with Crippen LogP contribution in [0.2, 0.25) is 0 Å². The van der Waals surface area contributed by atoms with Gasteiger partial charge in [0.25, 0.3) is 0 Å². The standard InChI is InChI=1S/C27H40O4/c1-7-8-9-24-12-13-26-21(5)17-25(30-26)11-10-23(28)16-20(4)19(3)14-18(2)15-22(6)27(29)31-24/h7-8,10-11,14,18,22-26,28H,4-5,9,12-13,15-17H2,1-3,6H3/b8-7+,11-10?,19-14-/t18-,22+,23+,24?,25-,26+/m0/s1. The lowest BCUT2D eigenvalue weighted by Gasteiger charge is -2.22. The first-order chi connectivity index (χ1) is 14.7. The predicted molar refractivity (Wildman–Crippen MR) is 127 cm³/mol. The van der Waals surface area contributed by atoms with E-state index in [1.165, 1.54) is 0 Å². The number of esters is 1. The van der Waals surface area contributed by atoms with Crippen molar-refractivity contribution in [3.05, 3.63) is 60.3 Å². The molecule has 1 fully saturated rings. The van der Waals surface area contributed by atoms with Gasteiger partial charge in [-0.25, -0.2) is 0 Å². The minimum Gasteiger partial charge on any atom is -0.462 e. The summed E-state index contributed by atoms with van der Waals surface area (Å²) in [4.78, 5) is 12.8. The van der Waals surface area contributed by atoms with Gasteiger partial charge in [0, 0.05) is 19.3 Å². The van der Waals surface area contributed by atoms with E-state index in [-0.39, 0.29) is 36.1 Å². The highest BCUT2D eigenvalue weighted by Crippen LogP contribution is 2.30. The van der Waals surface area contributed by atoms with Crippen LogP contribution in [0.5, 0.6) is 0 Å². The molecular weight excluding hydrogens is 388 g/mol. The van der Waals surface area contributed by atoms with Crippen LogP contribution in [-0.4, -0.2) is 35.5 Å². The molecule has 1 saturated heterocycles. The van der Waals surface area contributed by atoms with Crippen molar-refractivity contribution < 1.29 is 19.4 Å². The molecule has 0 aromatic carbocycles. The van der Waals surface area contributed by atoms with Crippen molar-refractivity contribution in [2.24, 2.45) is 11.8 Å². The van der Waals surface area contributed by atoms with Crippen molar-refractivity contribution in [1.29, 1.82) is 0 Å². The molecule has 0 aliphatic carbocycles. The molecule has 1 unspecified atom stereocenters. The highest BCUT2D eigenvalue weighted by molar-refractivity contribution is 5.72. The molecule has 2 rings (SSSR count). The number of hydrogen-bond donors (Lipinski definition) is 1. The van der Waals surface area contributed by atoms with Gasteiger partial charge in [0.15, 0.2) is 0 Å². The molecule has 1 N–H and O–H groups in total. The molecule has 0 saturated carbocycles. The molecule has 0 amide bonds. The summed E-state index contributed by atoms with van der Waals surface area (Å²) in [5.41, 5.74) is 3.02. The first-order valence-corrected chi connectivity index (χ1v) is 11.6. The zero-order chi connectivity index (χ0) is 23.0. The van der Waals surface area contributed by atoms with Crippen molar-refractivity contribution in [3.63, 3.8) is 0 Å². The van der Waals surface area contributed by atoms with Gasteiger partial charge in [-0.15, -0.1) is 0 Å². The van der Waals surface area contributed by atoms with Crippen LogP contribution in [0.3, 0.4) is 0 Å². The molecule has 2 aliphatic rings. The van der Waals surface area contributed by atoms with Gasteiger partial charge in [-0.3, -0.25) is 4.79 Å². The summed E-state index contributed by atoms with van der Waals surface area (Å²) in [7, 11) is 0. The quantitative estimate of drug-likeness (QED) is 0.443. The van der Waals surface area contributed by atoms with E-state index in [0.29, 0.717) is 19.3 Å². The zero-order valence-corrected chi connectivity index (χ0v) is 19.7. The van der Waals surface area contributed by atoms with Crippen LogP contribution < -0.4 is 0 Å². The average molecular weight is 429 g/mol. The summed E-state index contributed by atoms with van der Waals surface area (Å²) >= 11 is 0. The highest BCUT2D eigenvalue weighted by Gasteiger charge is 2.29. The fourth-order valence-corrected chi connectivity index (χ4v) is 4.26. The Kier molecular flexibility index (Phi) is 9.98. The van der Waals surface area contributed by atoms with E-state index in [1.807, 2.05) is 45.1 Å². The van der Waals surface area contributed by atoms with Gasteiger partial charge in [-0.05, 0) is 50.2 Å². The maximum absolute atomic E-state index is 12.8. The van der Waals surface area contributed by atoms with Crippen LogP contribution in [0.25, 0.3) is 0 Å². The number of aliphatic hydroxyl groups excluding tert-OH is 1. The van der Waals surface area contributed by atoms with Crippen LogP contribution in [0.1, 0.15) is 66.2 Å². The third kappa shape index (κ3) is 8.27. The van der Waals surface area contributed by atoms with Crippen LogP contribution in [-0.2, 0) is 14.3 Å². The van der Waals surface area contributed by atoms with Gasteiger partial charge in [-0.2, -0.15) is 0 Å². The maximum Gasteiger partial charge on any atom is 0.308 e. The molecule has 0 aromatic rings. The number of allylic oxidation sites excluding steroid dienone is 3. The normalized spacial score (nSPS) is 36.0. The summed E-state index contributed by atoms with van der Waals surface area (Å²) < 4.78 is 12.0. The Morgan fingerprint density at radius 3 is 2.65 bits per heavy atom. The molecule has 4 heteroatoms. The topological polar surface area (TPSA) is 55.8 Å². The average Bonchev–Trinajstić information content (AvgIpc) is 3.06. The predicted octanol–water partition coefficient (Wildman–Crippen LogP) is 5.84. The van der Waals surface area contributed by atoms with Gasteiger partial charge < -0.3 is 14.6 Å². The van der Waals surface area contributed by atoms with Crippen LogP contribution in [0, 0.1) is 11.8 Å². The Hall–Kier alpha value is -1.91. The summed E-state index contributed by atoms with van der Waals surface area (Å²) in [5, 5.41) is 10.4. The number of carbonyl (C=O) groups is 1. The van der Waals surface area contributed by atoms with Crippen LogP contribution in [0.4, 0.5) is 0 Å². The SMILES string of the molecule is C=C1C[C@H](O)C=C[C@H]2CC(=C)[C@@H](CCC(C/C=C/C)OC(=O)[C@H](C)C[C@@H](C)/C=C\1C)O2. The van der Waals surface area contributed by atoms with Gasteiger partial charge in [-0.1, -0.05) is 63.0 Å². The number of carbonyl (C=O) groups excluding carboxylic acids is 1. The molecular formula is C27H40O4. The van der Waals surface area contributed by atoms with E-state index in [1.54, 1.807) is 0 Å². The fraction of sp³-hybridized carbons (Fsp3) is 0.593. The molecule has 0 spiro atoms. The lowest BCUT2D eigenvalue weighted by atomic mass is 9.92. The molecule has 0 aromatic heterocycles. The third-order valence-corrected chi connectivity index (χ3v) is 6.15. The summed E-state index contributed by atoms with van der Waals surface area (Å²) in [5.74, 6) is -0.114. The van der Waals surface area contributed by atoms with E-state index in [2.05, 4.69) is 26.2 Å². The number of cyclic esters (lactones) is 1. The lowest BCUT2D eigenvalue weighted by Crippen LogP contribution is -2.25. The fourth-order valence-electron chi connectivity index (χ4n) is 4.26. The first-order valence-electron chi connectivity index (χ1n) is 11.6. The summed E-state index contributed by atoms with van der Waals surface area (Å²) in [6.07, 6.45) is 13.2. The van der Waals surface area contributed by atoms with Gasteiger partial charge in [0.2, 0.25) is 0 Å². The molecule has 31 heavy (non-hydrogen) atoms. The van der Waals surface area contributed by atoms with Crippen molar-refractivity contribution in [1.82, 2.24) is 0 Å². The second-order valence-electron chi connectivity index (χ2n) is 9.19. The maximum atomic E-state index is 12.8. The molecule has 2 aliphatic heterocycles. The van der Waals surface area contributed by atoms with Crippen molar-refractivity contribution in [2.45, 2.75) is 90.6 Å². The van der Waals surface area contributed by atoms with Crippen molar-refractivity contribution in [2.75, 3.05) is 0 Å². The molecule has 172 valence electrons. The number of rotatable bonds is 2. The molecule has 4 nitrogen and oxygen atoms in total. The van der Waals surface area contributed by atoms with E-state index in [4.69, 9.17) is 9.47 Å². The molecule has 2 heterocycles.